The third kappa shape index (κ3) is 6.11. The minimum Gasteiger partial charge on any atom is -0.483 e. The summed E-state index contributed by atoms with van der Waals surface area (Å²) in [6.07, 6.45) is 3.04. The van der Waals surface area contributed by atoms with Crippen molar-refractivity contribution in [2.45, 2.75) is 24.3 Å². The zero-order valence-electron chi connectivity index (χ0n) is 18.2. The average Bonchev–Trinajstić information content (AvgIpc) is 3.50. The van der Waals surface area contributed by atoms with Crippen LogP contribution in [0.15, 0.2) is 45.9 Å². The zero-order valence-corrected chi connectivity index (χ0v) is 19.0. The van der Waals surface area contributed by atoms with Gasteiger partial charge in [0, 0.05) is 20.1 Å². The fourth-order valence-corrected chi connectivity index (χ4v) is 4.82. The molecule has 1 fully saturated rings. The van der Waals surface area contributed by atoms with Crippen LogP contribution < -0.4 is 15.8 Å². The van der Waals surface area contributed by atoms with Gasteiger partial charge in [0.15, 0.2) is 6.61 Å². The number of hydrogen-bond acceptors (Lipinski definition) is 7. The molecule has 3 N–H and O–H groups in total. The van der Waals surface area contributed by atoms with E-state index in [1.807, 2.05) is 0 Å². The van der Waals surface area contributed by atoms with E-state index in [9.17, 15) is 22.8 Å². The number of carbonyl (C=O) groups excluding carboxylic acids is 3. The summed E-state index contributed by atoms with van der Waals surface area (Å²) in [5.74, 6) is -1.24. The predicted molar refractivity (Wildman–Crippen MR) is 117 cm³/mol. The highest BCUT2D eigenvalue weighted by Gasteiger charge is 2.28. The van der Waals surface area contributed by atoms with Crippen LogP contribution in [-0.4, -0.2) is 68.6 Å². The Morgan fingerprint density at radius 1 is 1.21 bits per heavy atom. The van der Waals surface area contributed by atoms with Gasteiger partial charge in [0.1, 0.15) is 11.5 Å². The zero-order chi connectivity index (χ0) is 24.0. The first-order valence-corrected chi connectivity index (χ1v) is 11.7. The van der Waals surface area contributed by atoms with Crippen LogP contribution in [0.5, 0.6) is 5.75 Å². The number of nitrogens with one attached hydrogen (secondary N) is 1. The molecule has 33 heavy (non-hydrogen) atoms. The molecule has 1 saturated heterocycles. The van der Waals surface area contributed by atoms with Gasteiger partial charge in [0.2, 0.25) is 15.9 Å². The lowest BCUT2D eigenvalue weighted by molar-refractivity contribution is -0.136. The fourth-order valence-electron chi connectivity index (χ4n) is 3.27. The number of amides is 3. The number of likely N-dealkylation sites (N-methyl/N-ethyl adjacent to an activating group) is 1. The molecule has 1 aliphatic rings. The van der Waals surface area contributed by atoms with Crippen molar-refractivity contribution in [3.63, 3.8) is 0 Å². The first kappa shape index (κ1) is 24.3. The van der Waals surface area contributed by atoms with Gasteiger partial charge >= 0.3 is 0 Å². The highest BCUT2D eigenvalue weighted by Crippen LogP contribution is 2.26. The average molecular weight is 479 g/mol. The largest absolute Gasteiger partial charge is 0.483 e. The number of furan rings is 1. The SMILES string of the molecule is CN(CC(=O)NCc1ccco1)C(=O)COc1ccc(S(=O)(=O)N2CCCC2)cc1C(N)=O. The summed E-state index contributed by atoms with van der Waals surface area (Å²) in [5, 5.41) is 2.62. The van der Waals surface area contributed by atoms with E-state index in [1.54, 1.807) is 12.1 Å². The molecular formula is C21H26N4O7S. The number of benzene rings is 1. The number of primary amides is 1. The van der Waals surface area contributed by atoms with Gasteiger partial charge in [-0.15, -0.1) is 0 Å². The lowest BCUT2D eigenvalue weighted by Gasteiger charge is -2.19. The molecule has 1 aromatic carbocycles. The lowest BCUT2D eigenvalue weighted by Crippen LogP contribution is -2.40. The molecule has 178 valence electrons. The molecule has 0 aliphatic carbocycles. The maximum Gasteiger partial charge on any atom is 0.260 e. The summed E-state index contributed by atoms with van der Waals surface area (Å²) < 4.78 is 37.4. The third-order valence-electron chi connectivity index (χ3n) is 5.12. The molecule has 0 bridgehead atoms. The van der Waals surface area contributed by atoms with E-state index in [0.29, 0.717) is 18.8 Å². The minimum atomic E-state index is -3.75. The summed E-state index contributed by atoms with van der Waals surface area (Å²) in [5.41, 5.74) is 5.25. The predicted octanol–water partition coefficient (Wildman–Crippen LogP) is 0.317. The number of carbonyl (C=O) groups is 3. The molecule has 1 aromatic heterocycles. The third-order valence-corrected chi connectivity index (χ3v) is 7.01. The standard InChI is InChI=1S/C21H26N4O7S/c1-24(13-19(26)23-12-15-5-4-10-31-15)20(27)14-32-18-7-6-16(11-17(18)21(22)28)33(29,30)25-8-2-3-9-25/h4-7,10-11H,2-3,8-9,12-14H2,1H3,(H2,22,28)(H,23,26). The molecule has 3 rings (SSSR count). The summed E-state index contributed by atoms with van der Waals surface area (Å²) in [4.78, 5) is 37.3. The van der Waals surface area contributed by atoms with Gasteiger partial charge in [-0.2, -0.15) is 4.31 Å². The van der Waals surface area contributed by atoms with Crippen LogP contribution in [0.4, 0.5) is 0 Å². The van der Waals surface area contributed by atoms with E-state index in [4.69, 9.17) is 14.9 Å². The molecule has 1 aliphatic heterocycles. The molecular weight excluding hydrogens is 452 g/mol. The van der Waals surface area contributed by atoms with Crippen molar-refractivity contribution >= 4 is 27.7 Å². The van der Waals surface area contributed by atoms with Crippen molar-refractivity contribution in [1.29, 1.82) is 0 Å². The molecule has 3 amide bonds. The highest BCUT2D eigenvalue weighted by atomic mass is 32.2. The van der Waals surface area contributed by atoms with Crippen molar-refractivity contribution < 1.29 is 32.0 Å². The van der Waals surface area contributed by atoms with Crippen LogP contribution in [0.25, 0.3) is 0 Å². The number of sulfonamides is 1. The van der Waals surface area contributed by atoms with E-state index >= 15 is 0 Å². The Balaban J connectivity index is 1.59. The Morgan fingerprint density at radius 2 is 1.94 bits per heavy atom. The molecule has 11 nitrogen and oxygen atoms in total. The Kier molecular flexibility index (Phi) is 7.71. The van der Waals surface area contributed by atoms with Crippen LogP contribution >= 0.6 is 0 Å². The second-order valence-electron chi connectivity index (χ2n) is 7.53. The van der Waals surface area contributed by atoms with Crippen LogP contribution in [0.3, 0.4) is 0 Å². The number of ether oxygens (including phenoxy) is 1. The number of nitrogens with two attached hydrogens (primary N) is 1. The lowest BCUT2D eigenvalue weighted by atomic mass is 10.2. The van der Waals surface area contributed by atoms with Gasteiger partial charge in [0.25, 0.3) is 11.8 Å². The normalized spacial score (nSPS) is 14.1. The Morgan fingerprint density at radius 3 is 2.58 bits per heavy atom. The summed E-state index contributed by atoms with van der Waals surface area (Å²) in [7, 11) is -2.32. The van der Waals surface area contributed by atoms with Gasteiger partial charge in [-0.3, -0.25) is 14.4 Å². The fraction of sp³-hybridized carbons (Fsp3) is 0.381. The van der Waals surface area contributed by atoms with Gasteiger partial charge in [0.05, 0.1) is 29.8 Å². The van der Waals surface area contributed by atoms with Gasteiger partial charge < -0.3 is 25.1 Å². The summed E-state index contributed by atoms with van der Waals surface area (Å²) >= 11 is 0. The van der Waals surface area contributed by atoms with Crippen molar-refractivity contribution in [2.75, 3.05) is 33.3 Å². The van der Waals surface area contributed by atoms with E-state index in [1.165, 1.54) is 29.7 Å². The van der Waals surface area contributed by atoms with Crippen LogP contribution in [0.2, 0.25) is 0 Å². The van der Waals surface area contributed by atoms with Crippen molar-refractivity contribution in [1.82, 2.24) is 14.5 Å². The first-order chi connectivity index (χ1) is 15.7. The van der Waals surface area contributed by atoms with Gasteiger partial charge in [-0.1, -0.05) is 0 Å². The molecule has 0 radical (unpaired) electrons. The first-order valence-electron chi connectivity index (χ1n) is 10.3. The number of nitrogens with zero attached hydrogens (tertiary/aromatic N) is 2. The van der Waals surface area contributed by atoms with E-state index in [0.717, 1.165) is 23.8 Å². The minimum absolute atomic E-state index is 0.0214. The monoisotopic (exact) mass is 478 g/mol. The molecule has 0 spiro atoms. The van der Waals surface area contributed by atoms with Crippen molar-refractivity contribution in [2.24, 2.45) is 5.73 Å². The van der Waals surface area contributed by atoms with Crippen LogP contribution in [0, 0.1) is 0 Å². The van der Waals surface area contributed by atoms with E-state index in [2.05, 4.69) is 5.32 Å². The molecule has 0 unspecified atom stereocenters. The molecule has 2 heterocycles. The number of rotatable bonds is 10. The highest BCUT2D eigenvalue weighted by molar-refractivity contribution is 7.89. The van der Waals surface area contributed by atoms with Crippen molar-refractivity contribution in [3.05, 3.63) is 47.9 Å². The van der Waals surface area contributed by atoms with E-state index < -0.39 is 34.4 Å². The maximum atomic E-state index is 12.7. The Labute approximate surface area is 191 Å². The smallest absolute Gasteiger partial charge is 0.260 e. The molecule has 0 saturated carbocycles. The Hall–Kier alpha value is -3.38. The van der Waals surface area contributed by atoms with Gasteiger partial charge in [-0.05, 0) is 43.2 Å². The number of hydrogen-bond donors (Lipinski definition) is 2. The molecule has 0 atom stereocenters. The van der Waals surface area contributed by atoms with Crippen molar-refractivity contribution in [3.8, 4) is 5.75 Å². The molecule has 12 heteroatoms. The summed E-state index contributed by atoms with van der Waals surface area (Å²) in [6, 6.07) is 7.17. The molecule has 2 aromatic rings. The Bertz CT molecular complexity index is 1110. The van der Waals surface area contributed by atoms with E-state index in [-0.39, 0.29) is 29.3 Å². The van der Waals surface area contributed by atoms with Crippen LogP contribution in [0.1, 0.15) is 29.0 Å². The quantitative estimate of drug-likeness (QED) is 0.499. The topological polar surface area (TPSA) is 152 Å². The van der Waals surface area contributed by atoms with Gasteiger partial charge in [-0.25, -0.2) is 8.42 Å². The second-order valence-corrected chi connectivity index (χ2v) is 9.47. The second kappa shape index (κ2) is 10.5. The maximum absolute atomic E-state index is 12.7. The van der Waals surface area contributed by atoms with Crippen LogP contribution in [-0.2, 0) is 26.2 Å². The summed E-state index contributed by atoms with van der Waals surface area (Å²) in [6.45, 7) is 0.350.